The van der Waals surface area contributed by atoms with Gasteiger partial charge in [-0.1, -0.05) is 66.7 Å². The van der Waals surface area contributed by atoms with Gasteiger partial charge in [0.2, 0.25) is 5.91 Å². The number of rotatable bonds is 5. The average Bonchev–Trinajstić information content (AvgIpc) is 2.74. The first kappa shape index (κ1) is 18.4. The van der Waals surface area contributed by atoms with Crippen molar-refractivity contribution in [3.8, 4) is 0 Å². The molecule has 0 heterocycles. The normalized spacial score (nSPS) is 30.6. The number of nitrogens with one attached hydrogen (secondary N) is 1. The summed E-state index contributed by atoms with van der Waals surface area (Å²) in [6, 6.07) is 20.2. The van der Waals surface area contributed by atoms with E-state index in [1.54, 1.807) is 0 Å². The maximum atomic E-state index is 13.3. The third kappa shape index (κ3) is 3.78. The van der Waals surface area contributed by atoms with Gasteiger partial charge < -0.3 is 0 Å². The lowest BCUT2D eigenvalue weighted by Crippen LogP contribution is -2.52. The molecule has 2 aromatic carbocycles. The van der Waals surface area contributed by atoms with Crippen LogP contribution in [0, 0.1) is 23.2 Å². The second-order valence-corrected chi connectivity index (χ2v) is 9.25. The van der Waals surface area contributed by atoms with Gasteiger partial charge in [-0.2, -0.15) is 5.10 Å². The molecule has 0 aromatic heterocycles. The number of carbonyl (C=O) groups excluding carboxylic acids is 1. The molecule has 0 unspecified atom stereocenters. The summed E-state index contributed by atoms with van der Waals surface area (Å²) in [6.45, 7) is 0. The summed E-state index contributed by atoms with van der Waals surface area (Å²) in [5.41, 5.74) is 5.70. The van der Waals surface area contributed by atoms with Crippen LogP contribution in [-0.2, 0) is 4.79 Å². The molecule has 1 amide bonds. The molecule has 0 saturated heterocycles. The molecule has 0 radical (unpaired) electrons. The maximum Gasteiger partial charge on any atom is 0.246 e. The highest BCUT2D eigenvalue weighted by atomic mass is 16.2. The summed E-state index contributed by atoms with van der Waals surface area (Å²) in [5, 5.41) is 4.60. The Labute approximate surface area is 172 Å². The van der Waals surface area contributed by atoms with Crippen LogP contribution in [0.3, 0.4) is 0 Å². The summed E-state index contributed by atoms with van der Waals surface area (Å²) < 4.78 is 0. The summed E-state index contributed by atoms with van der Waals surface area (Å²) in [5.74, 6) is 2.39. The zero-order valence-electron chi connectivity index (χ0n) is 16.8. The molecule has 3 heteroatoms. The van der Waals surface area contributed by atoms with E-state index in [-0.39, 0.29) is 11.3 Å². The molecule has 0 aliphatic heterocycles. The number of hydrogen-bond donors (Lipinski definition) is 1. The fraction of sp³-hybridized carbons (Fsp3) is 0.385. The second kappa shape index (κ2) is 7.62. The molecule has 2 aromatic rings. The van der Waals surface area contributed by atoms with Crippen molar-refractivity contribution < 1.29 is 4.79 Å². The van der Waals surface area contributed by atoms with Gasteiger partial charge in [-0.25, -0.2) is 5.43 Å². The van der Waals surface area contributed by atoms with Crippen LogP contribution < -0.4 is 5.43 Å². The van der Waals surface area contributed by atoms with Crippen LogP contribution in [0.4, 0.5) is 0 Å². The van der Waals surface area contributed by atoms with Gasteiger partial charge in [-0.05, 0) is 67.9 Å². The number of benzene rings is 2. The summed E-state index contributed by atoms with van der Waals surface area (Å²) in [6.07, 6.45) is 11.2. The van der Waals surface area contributed by atoms with Gasteiger partial charge in [0, 0.05) is 5.56 Å². The summed E-state index contributed by atoms with van der Waals surface area (Å²) in [7, 11) is 0. The van der Waals surface area contributed by atoms with E-state index in [1.165, 1.54) is 19.3 Å². The zero-order valence-corrected chi connectivity index (χ0v) is 16.8. The van der Waals surface area contributed by atoms with E-state index in [0.717, 1.165) is 53.9 Å². The topological polar surface area (TPSA) is 41.5 Å². The Kier molecular flexibility index (Phi) is 4.83. The molecule has 0 spiro atoms. The summed E-state index contributed by atoms with van der Waals surface area (Å²) >= 11 is 0. The van der Waals surface area contributed by atoms with Crippen molar-refractivity contribution in [3.63, 3.8) is 0 Å². The van der Waals surface area contributed by atoms with Gasteiger partial charge in [-0.3, -0.25) is 4.79 Å². The maximum absolute atomic E-state index is 13.3. The van der Waals surface area contributed by atoms with Gasteiger partial charge in [0.15, 0.2) is 0 Å². The lowest BCUT2D eigenvalue weighted by atomic mass is 9.49. The second-order valence-electron chi connectivity index (χ2n) is 9.25. The van der Waals surface area contributed by atoms with Crippen molar-refractivity contribution in [2.45, 2.75) is 38.5 Å². The Morgan fingerprint density at radius 3 is 2.00 bits per heavy atom. The Balaban J connectivity index is 1.38. The third-order valence-electron chi connectivity index (χ3n) is 7.10. The van der Waals surface area contributed by atoms with Crippen molar-refractivity contribution in [3.05, 3.63) is 77.9 Å². The predicted octanol–water partition coefficient (Wildman–Crippen LogP) is 5.44. The molecule has 6 rings (SSSR count). The third-order valence-corrected chi connectivity index (χ3v) is 7.10. The molecule has 4 aliphatic rings. The monoisotopic (exact) mass is 384 g/mol. The molecule has 4 aliphatic carbocycles. The largest absolute Gasteiger partial charge is 0.273 e. The van der Waals surface area contributed by atoms with Crippen LogP contribution in [0.2, 0.25) is 0 Å². The van der Waals surface area contributed by atoms with Crippen LogP contribution >= 0.6 is 0 Å². The van der Waals surface area contributed by atoms with Crippen LogP contribution in [-0.4, -0.2) is 11.6 Å². The SMILES string of the molecule is O=C(N/N=C(\C=C\c1ccccc1)c1ccccc1)C12CC3CC(CC(C3)C1)C2. The van der Waals surface area contributed by atoms with Gasteiger partial charge >= 0.3 is 0 Å². The van der Waals surface area contributed by atoms with Crippen LogP contribution in [0.15, 0.2) is 71.8 Å². The van der Waals surface area contributed by atoms with Crippen LogP contribution in [0.25, 0.3) is 6.08 Å². The highest BCUT2D eigenvalue weighted by molar-refractivity contribution is 6.11. The number of amides is 1. The van der Waals surface area contributed by atoms with E-state index in [0.29, 0.717) is 0 Å². The van der Waals surface area contributed by atoms with Crippen molar-refractivity contribution >= 4 is 17.7 Å². The zero-order chi connectivity index (χ0) is 19.7. The molecule has 0 atom stereocenters. The predicted molar refractivity (Wildman–Crippen MR) is 117 cm³/mol. The highest BCUT2D eigenvalue weighted by Gasteiger charge is 2.54. The Morgan fingerprint density at radius 1 is 0.862 bits per heavy atom. The lowest BCUT2D eigenvalue weighted by molar-refractivity contribution is -0.146. The first-order valence-electron chi connectivity index (χ1n) is 10.9. The fourth-order valence-corrected chi connectivity index (χ4v) is 6.16. The average molecular weight is 385 g/mol. The molecule has 4 saturated carbocycles. The number of carbonyl (C=O) groups is 1. The Bertz CT molecular complexity index is 894. The molecule has 29 heavy (non-hydrogen) atoms. The first-order valence-corrected chi connectivity index (χ1v) is 10.9. The van der Waals surface area contributed by atoms with Gasteiger partial charge in [0.1, 0.15) is 0 Å². The molecular formula is C26H28N2O. The number of nitrogens with zero attached hydrogens (tertiary/aromatic N) is 1. The minimum absolute atomic E-state index is 0.137. The number of hydrogen-bond acceptors (Lipinski definition) is 2. The van der Waals surface area contributed by atoms with E-state index in [9.17, 15) is 4.79 Å². The van der Waals surface area contributed by atoms with Crippen molar-refractivity contribution in [2.24, 2.45) is 28.3 Å². The first-order chi connectivity index (χ1) is 14.2. The molecule has 148 valence electrons. The van der Waals surface area contributed by atoms with E-state index in [4.69, 9.17) is 0 Å². The Hall–Kier alpha value is -2.68. The molecular weight excluding hydrogens is 356 g/mol. The quantitative estimate of drug-likeness (QED) is 0.541. The van der Waals surface area contributed by atoms with Gasteiger partial charge in [0.05, 0.1) is 11.1 Å². The minimum Gasteiger partial charge on any atom is -0.273 e. The standard InChI is InChI=1S/C26H28N2O/c29-25(26-16-20-13-21(17-26)15-22(14-20)18-26)28-27-24(23-9-5-2-6-10-23)12-11-19-7-3-1-4-8-19/h1-12,20-22H,13-18H2,(H,28,29)/b12-11+,27-24+. The highest BCUT2D eigenvalue weighted by Crippen LogP contribution is 2.60. The van der Waals surface area contributed by atoms with Crippen LogP contribution in [0.5, 0.6) is 0 Å². The lowest BCUT2D eigenvalue weighted by Gasteiger charge is -2.55. The molecule has 4 bridgehead atoms. The number of hydrazone groups is 1. The van der Waals surface area contributed by atoms with E-state index in [2.05, 4.69) is 22.7 Å². The molecule has 4 fully saturated rings. The van der Waals surface area contributed by atoms with Gasteiger partial charge in [0.25, 0.3) is 0 Å². The minimum atomic E-state index is -0.177. The van der Waals surface area contributed by atoms with Crippen molar-refractivity contribution in [2.75, 3.05) is 0 Å². The Morgan fingerprint density at radius 2 is 1.41 bits per heavy atom. The van der Waals surface area contributed by atoms with Crippen LogP contribution in [0.1, 0.15) is 49.7 Å². The van der Waals surface area contributed by atoms with E-state index in [1.807, 2.05) is 60.7 Å². The molecule has 1 N–H and O–H groups in total. The molecule has 3 nitrogen and oxygen atoms in total. The smallest absolute Gasteiger partial charge is 0.246 e. The van der Waals surface area contributed by atoms with Gasteiger partial charge in [-0.15, -0.1) is 0 Å². The number of allylic oxidation sites excluding steroid dienone is 1. The van der Waals surface area contributed by atoms with E-state index < -0.39 is 0 Å². The van der Waals surface area contributed by atoms with E-state index >= 15 is 0 Å². The summed E-state index contributed by atoms with van der Waals surface area (Å²) in [4.78, 5) is 13.3. The van der Waals surface area contributed by atoms with Crippen molar-refractivity contribution in [1.82, 2.24) is 5.43 Å². The fourth-order valence-electron chi connectivity index (χ4n) is 6.16. The van der Waals surface area contributed by atoms with Crippen molar-refractivity contribution in [1.29, 1.82) is 0 Å².